The van der Waals surface area contributed by atoms with Crippen molar-refractivity contribution >= 4 is 35.2 Å². The van der Waals surface area contributed by atoms with Crippen LogP contribution < -0.4 is 26.0 Å². The van der Waals surface area contributed by atoms with E-state index in [2.05, 4.69) is 32.7 Å². The van der Waals surface area contributed by atoms with Gasteiger partial charge in [0.2, 0.25) is 0 Å². The van der Waals surface area contributed by atoms with Crippen LogP contribution in [0.4, 0.5) is 22.1 Å². The third kappa shape index (κ3) is 8.23. The molecule has 0 unspecified atom stereocenters. The molecule has 5 rings (SSSR count). The zero-order valence-electron chi connectivity index (χ0n) is 26.9. The third-order valence-electron chi connectivity index (χ3n) is 8.22. The molecule has 12 heteroatoms. The Bertz CT molecular complexity index is 1530. The van der Waals surface area contributed by atoms with Crippen LogP contribution in [-0.4, -0.2) is 77.7 Å². The number of piperidine rings is 2. The molecule has 1 atom stereocenters. The van der Waals surface area contributed by atoms with Gasteiger partial charge >= 0.3 is 6.09 Å². The molecule has 3 aromatic rings. The summed E-state index contributed by atoms with van der Waals surface area (Å²) in [6.07, 6.45) is 4.67. The van der Waals surface area contributed by atoms with E-state index in [0.717, 1.165) is 37.9 Å². The van der Waals surface area contributed by atoms with Crippen molar-refractivity contribution in [2.45, 2.75) is 64.0 Å². The van der Waals surface area contributed by atoms with Gasteiger partial charge in [0.25, 0.3) is 11.8 Å². The fraction of sp³-hybridized carbons (Fsp3) is 0.441. The molecule has 3 heterocycles. The highest BCUT2D eigenvalue weighted by Gasteiger charge is 2.28. The predicted molar refractivity (Wildman–Crippen MR) is 176 cm³/mol. The number of ether oxygens (including phenoxy) is 2. The van der Waals surface area contributed by atoms with Crippen molar-refractivity contribution in [3.63, 3.8) is 0 Å². The lowest BCUT2D eigenvalue weighted by atomic mass is 9.89. The number of nitrogens with zero attached hydrogens (tertiary/aromatic N) is 4. The monoisotopic (exact) mass is 629 g/mol. The first kappa shape index (κ1) is 32.5. The standard InChI is InChI=1S/C34H43N7O5/c1-34(2,3)46-33(44)40-18-15-23(16-19-40)22-7-11-25(12-8-22)37-31-29(30(35)42)36-20-28(39-31)41-17-5-6-26(21-41)38-32(43)24-9-13-27(45-4)14-10-24/h7-14,20,23,26H,5-6,15-19,21H2,1-4H3,(H2,35,42)(H,37,39)(H,38,43)/t26-/m1/s1. The van der Waals surface area contributed by atoms with Crippen molar-refractivity contribution in [1.29, 1.82) is 0 Å². The predicted octanol–water partition coefficient (Wildman–Crippen LogP) is 4.84. The number of anilines is 3. The van der Waals surface area contributed by atoms with Gasteiger partial charge < -0.3 is 35.6 Å². The van der Waals surface area contributed by atoms with Gasteiger partial charge in [-0.3, -0.25) is 9.59 Å². The number of likely N-dealkylation sites (tertiary alicyclic amines) is 1. The van der Waals surface area contributed by atoms with Gasteiger partial charge in [-0.2, -0.15) is 0 Å². The maximum absolute atomic E-state index is 12.9. The quantitative estimate of drug-likeness (QED) is 0.318. The summed E-state index contributed by atoms with van der Waals surface area (Å²) >= 11 is 0. The summed E-state index contributed by atoms with van der Waals surface area (Å²) in [7, 11) is 1.59. The third-order valence-corrected chi connectivity index (χ3v) is 8.22. The smallest absolute Gasteiger partial charge is 0.410 e. The molecule has 0 aliphatic carbocycles. The van der Waals surface area contributed by atoms with Crippen LogP contribution in [0.1, 0.15) is 78.8 Å². The van der Waals surface area contributed by atoms with E-state index in [1.807, 2.05) is 32.9 Å². The molecular formula is C34H43N7O5. The number of nitrogens with two attached hydrogens (primary N) is 1. The zero-order chi connectivity index (χ0) is 32.8. The van der Waals surface area contributed by atoms with Gasteiger partial charge in [-0.25, -0.2) is 14.8 Å². The van der Waals surface area contributed by atoms with Crippen LogP contribution in [0.25, 0.3) is 0 Å². The Morgan fingerprint density at radius 3 is 2.28 bits per heavy atom. The average Bonchev–Trinajstić information content (AvgIpc) is 3.04. The van der Waals surface area contributed by atoms with Gasteiger partial charge in [0.15, 0.2) is 11.5 Å². The second-order valence-electron chi connectivity index (χ2n) is 12.8. The number of benzene rings is 2. The molecule has 2 fully saturated rings. The first-order valence-electron chi connectivity index (χ1n) is 15.7. The van der Waals surface area contributed by atoms with Crippen LogP contribution in [-0.2, 0) is 4.74 Å². The Kier molecular flexibility index (Phi) is 9.93. The van der Waals surface area contributed by atoms with E-state index in [1.165, 1.54) is 5.56 Å². The number of methoxy groups -OCH3 is 1. The Morgan fingerprint density at radius 1 is 0.957 bits per heavy atom. The fourth-order valence-electron chi connectivity index (χ4n) is 5.81. The number of amides is 3. The van der Waals surface area contributed by atoms with Crippen molar-refractivity contribution in [3.8, 4) is 5.75 Å². The van der Waals surface area contributed by atoms with E-state index >= 15 is 0 Å². The highest BCUT2D eigenvalue weighted by Crippen LogP contribution is 2.31. The van der Waals surface area contributed by atoms with Crippen LogP contribution in [0.5, 0.6) is 5.75 Å². The minimum absolute atomic E-state index is 0.0451. The van der Waals surface area contributed by atoms with Gasteiger partial charge in [-0.05, 0) is 94.3 Å². The lowest BCUT2D eigenvalue weighted by Crippen LogP contribution is -2.48. The molecule has 3 amide bonds. The van der Waals surface area contributed by atoms with Gasteiger partial charge in [0.1, 0.15) is 17.2 Å². The van der Waals surface area contributed by atoms with Crippen LogP contribution in [0.3, 0.4) is 0 Å². The summed E-state index contributed by atoms with van der Waals surface area (Å²) in [4.78, 5) is 50.4. The molecule has 244 valence electrons. The number of aromatic nitrogens is 2. The van der Waals surface area contributed by atoms with Crippen LogP contribution in [0.15, 0.2) is 54.7 Å². The molecule has 0 bridgehead atoms. The minimum atomic E-state index is -0.682. The molecule has 46 heavy (non-hydrogen) atoms. The van der Waals surface area contributed by atoms with E-state index < -0.39 is 11.5 Å². The Morgan fingerprint density at radius 2 is 1.65 bits per heavy atom. The van der Waals surface area contributed by atoms with Gasteiger partial charge in [-0.15, -0.1) is 0 Å². The van der Waals surface area contributed by atoms with Gasteiger partial charge in [-0.1, -0.05) is 12.1 Å². The molecule has 2 aliphatic heterocycles. The molecule has 12 nitrogen and oxygen atoms in total. The topological polar surface area (TPSA) is 152 Å². The van der Waals surface area contributed by atoms with Crippen molar-refractivity contribution < 1.29 is 23.9 Å². The van der Waals surface area contributed by atoms with E-state index in [-0.39, 0.29) is 29.6 Å². The SMILES string of the molecule is COc1ccc(C(=O)N[C@@H]2CCCN(c3cnc(C(N)=O)c(Nc4ccc(C5CCN(C(=O)OC(C)(C)C)CC5)cc4)n3)C2)cc1. The highest BCUT2D eigenvalue weighted by molar-refractivity contribution is 5.96. The highest BCUT2D eigenvalue weighted by atomic mass is 16.6. The molecule has 0 radical (unpaired) electrons. The summed E-state index contributed by atoms with van der Waals surface area (Å²) in [5.74, 6) is 1.05. The van der Waals surface area contributed by atoms with E-state index in [1.54, 1.807) is 42.5 Å². The Labute approximate surface area is 269 Å². The maximum atomic E-state index is 12.9. The molecule has 2 aliphatic rings. The Hall–Kier alpha value is -4.87. The first-order valence-corrected chi connectivity index (χ1v) is 15.7. The molecule has 1 aromatic heterocycles. The number of hydrogen-bond donors (Lipinski definition) is 3. The lowest BCUT2D eigenvalue weighted by molar-refractivity contribution is 0.0204. The second-order valence-corrected chi connectivity index (χ2v) is 12.8. The summed E-state index contributed by atoms with van der Waals surface area (Å²) < 4.78 is 10.7. The first-order chi connectivity index (χ1) is 22.0. The molecule has 0 spiro atoms. The summed E-state index contributed by atoms with van der Waals surface area (Å²) in [5, 5.41) is 6.35. The fourth-order valence-corrected chi connectivity index (χ4v) is 5.81. The van der Waals surface area contributed by atoms with Gasteiger partial charge in [0.05, 0.1) is 13.3 Å². The zero-order valence-corrected chi connectivity index (χ0v) is 26.9. The minimum Gasteiger partial charge on any atom is -0.497 e. The average molecular weight is 630 g/mol. The van der Waals surface area contributed by atoms with Crippen LogP contribution in [0, 0.1) is 0 Å². The van der Waals surface area contributed by atoms with Gasteiger partial charge in [0, 0.05) is 43.5 Å². The van der Waals surface area contributed by atoms with Crippen molar-refractivity contribution in [2.75, 3.05) is 43.5 Å². The van der Waals surface area contributed by atoms with Crippen molar-refractivity contribution in [2.24, 2.45) is 5.73 Å². The summed E-state index contributed by atoms with van der Waals surface area (Å²) in [5.41, 5.74) is 7.67. The number of primary amides is 1. The normalized spacial score (nSPS) is 17.3. The second kappa shape index (κ2) is 14.1. The Balaban J connectivity index is 1.22. The molecule has 0 saturated carbocycles. The van der Waals surface area contributed by atoms with Crippen LogP contribution >= 0.6 is 0 Å². The van der Waals surface area contributed by atoms with Crippen molar-refractivity contribution in [3.05, 3.63) is 71.5 Å². The number of hydrogen-bond acceptors (Lipinski definition) is 9. The summed E-state index contributed by atoms with van der Waals surface area (Å²) in [6, 6.07) is 14.9. The number of nitrogens with one attached hydrogen (secondary N) is 2. The lowest BCUT2D eigenvalue weighted by Gasteiger charge is -2.34. The number of carbonyl (C=O) groups is 3. The number of carbonyl (C=O) groups excluding carboxylic acids is 3. The molecular weight excluding hydrogens is 586 g/mol. The van der Waals surface area contributed by atoms with Crippen molar-refractivity contribution in [1.82, 2.24) is 20.2 Å². The number of rotatable bonds is 8. The molecule has 2 saturated heterocycles. The van der Waals surface area contributed by atoms with E-state index in [9.17, 15) is 14.4 Å². The van der Waals surface area contributed by atoms with E-state index in [4.69, 9.17) is 20.2 Å². The maximum Gasteiger partial charge on any atom is 0.410 e. The summed E-state index contributed by atoms with van der Waals surface area (Å²) in [6.45, 7) is 8.19. The molecule has 2 aromatic carbocycles. The molecule has 4 N–H and O–H groups in total. The van der Waals surface area contributed by atoms with Crippen LogP contribution in [0.2, 0.25) is 0 Å². The largest absolute Gasteiger partial charge is 0.497 e. The van der Waals surface area contributed by atoms with E-state index in [0.29, 0.717) is 42.7 Å².